The van der Waals surface area contributed by atoms with Crippen LogP contribution in [0.2, 0.25) is 0 Å². The average molecular weight is 412 g/mol. The van der Waals surface area contributed by atoms with E-state index in [1.54, 1.807) is 6.92 Å². The Labute approximate surface area is 166 Å². The van der Waals surface area contributed by atoms with Gasteiger partial charge in [-0.2, -0.15) is 0 Å². The van der Waals surface area contributed by atoms with Crippen molar-refractivity contribution < 1.29 is 22.7 Å². The molecule has 1 aromatic rings. The van der Waals surface area contributed by atoms with Crippen molar-refractivity contribution in [2.24, 2.45) is 0 Å². The smallest absolute Gasteiger partial charge is 0.338 e. The molecular weight excluding hydrogens is 382 g/mol. The molecule has 2 atom stereocenters. The van der Waals surface area contributed by atoms with Crippen molar-refractivity contribution in [1.82, 2.24) is 15.2 Å². The van der Waals surface area contributed by atoms with Gasteiger partial charge in [-0.3, -0.25) is 15.1 Å². The zero-order valence-electron chi connectivity index (χ0n) is 16.6. The monoisotopic (exact) mass is 411 g/mol. The van der Waals surface area contributed by atoms with E-state index in [2.05, 4.69) is 29.0 Å². The summed E-state index contributed by atoms with van der Waals surface area (Å²) in [6, 6.07) is 6.16. The molecule has 0 aliphatic carbocycles. The van der Waals surface area contributed by atoms with Crippen LogP contribution in [0.25, 0.3) is 0 Å². The molecule has 1 saturated heterocycles. The first-order valence-electron chi connectivity index (χ1n) is 9.58. The number of carbonyl (C=O) groups is 2. The summed E-state index contributed by atoms with van der Waals surface area (Å²) in [6.45, 7) is 6.81. The van der Waals surface area contributed by atoms with Crippen molar-refractivity contribution in [2.45, 2.75) is 63.4 Å². The summed E-state index contributed by atoms with van der Waals surface area (Å²) in [5.41, 5.74) is 2.51. The molecule has 2 rings (SSSR count). The third-order valence-corrected chi connectivity index (χ3v) is 6.24. The van der Waals surface area contributed by atoms with Gasteiger partial charge in [-0.05, 0) is 57.9 Å². The number of rotatable bonds is 8. The van der Waals surface area contributed by atoms with Crippen LogP contribution in [0.5, 0.6) is 0 Å². The van der Waals surface area contributed by atoms with Gasteiger partial charge in [0.25, 0.3) is 10.0 Å². The number of piperidine rings is 1. The van der Waals surface area contributed by atoms with Gasteiger partial charge in [-0.15, -0.1) is 4.83 Å². The zero-order chi connectivity index (χ0) is 20.7. The van der Waals surface area contributed by atoms with E-state index in [0.29, 0.717) is 18.6 Å². The summed E-state index contributed by atoms with van der Waals surface area (Å²) < 4.78 is 29.5. The van der Waals surface area contributed by atoms with Crippen molar-refractivity contribution >= 4 is 21.9 Å². The first kappa shape index (κ1) is 22.3. The lowest BCUT2D eigenvalue weighted by atomic mass is 9.97. The van der Waals surface area contributed by atoms with Crippen molar-refractivity contribution in [3.05, 3.63) is 29.8 Å². The first-order chi connectivity index (χ1) is 13.2. The number of carbonyl (C=O) groups excluding carboxylic acids is 2. The van der Waals surface area contributed by atoms with Crippen LogP contribution in [0.15, 0.2) is 29.2 Å². The molecule has 9 heteroatoms. The van der Waals surface area contributed by atoms with Crippen molar-refractivity contribution in [3.8, 4) is 0 Å². The summed E-state index contributed by atoms with van der Waals surface area (Å²) in [5, 5.41) is 0. The largest absolute Gasteiger partial charge is 0.462 e. The van der Waals surface area contributed by atoms with E-state index < -0.39 is 21.9 Å². The number of nitrogens with zero attached hydrogens (tertiary/aromatic N) is 1. The number of hydrogen-bond acceptors (Lipinski definition) is 6. The predicted octanol–water partition coefficient (Wildman–Crippen LogP) is 1.83. The Balaban J connectivity index is 1.86. The lowest BCUT2D eigenvalue weighted by molar-refractivity contribution is -0.122. The van der Waals surface area contributed by atoms with Gasteiger partial charge in [0.05, 0.1) is 17.1 Å². The second-order valence-corrected chi connectivity index (χ2v) is 8.70. The maximum absolute atomic E-state index is 12.3. The van der Waals surface area contributed by atoms with Gasteiger partial charge in [0.2, 0.25) is 5.91 Å². The highest BCUT2D eigenvalue weighted by Gasteiger charge is 2.25. The van der Waals surface area contributed by atoms with Gasteiger partial charge < -0.3 is 4.74 Å². The fraction of sp³-hybridized carbons (Fsp3) is 0.579. The Hall–Kier alpha value is -1.97. The summed E-state index contributed by atoms with van der Waals surface area (Å²) in [6.07, 6.45) is 3.62. The maximum atomic E-state index is 12.3. The molecule has 0 saturated carbocycles. The number of benzene rings is 1. The van der Waals surface area contributed by atoms with E-state index in [1.807, 2.05) is 0 Å². The van der Waals surface area contributed by atoms with Gasteiger partial charge in [-0.25, -0.2) is 13.2 Å². The quantitative estimate of drug-likeness (QED) is 0.499. The number of sulfonamides is 1. The van der Waals surface area contributed by atoms with E-state index >= 15 is 0 Å². The second kappa shape index (κ2) is 9.99. The van der Waals surface area contributed by atoms with Crippen LogP contribution in [0.1, 0.15) is 56.8 Å². The molecule has 0 bridgehead atoms. The summed E-state index contributed by atoms with van der Waals surface area (Å²) in [5.74, 6) is -0.912. The standard InChI is InChI=1S/C19H29N3O5S/c1-4-27-19(24)16-8-10-17(11-9-16)28(25,26)21-20-18(23)12-13-22-14(2)6-5-7-15(22)3/h8-11,14-15,21H,4-7,12-13H2,1-3H3,(H,20,23). The van der Waals surface area contributed by atoms with Crippen LogP contribution < -0.4 is 10.3 Å². The molecule has 0 spiro atoms. The van der Waals surface area contributed by atoms with Crippen LogP contribution >= 0.6 is 0 Å². The Bertz CT molecular complexity index is 769. The molecule has 1 aromatic carbocycles. The molecule has 2 unspecified atom stereocenters. The van der Waals surface area contributed by atoms with Gasteiger partial charge in [0.1, 0.15) is 0 Å². The topological polar surface area (TPSA) is 105 Å². The molecule has 0 aromatic heterocycles. The van der Waals surface area contributed by atoms with Crippen LogP contribution in [0, 0.1) is 0 Å². The van der Waals surface area contributed by atoms with Crippen molar-refractivity contribution in [3.63, 3.8) is 0 Å². The number of hydrazine groups is 1. The molecule has 0 radical (unpaired) electrons. The first-order valence-corrected chi connectivity index (χ1v) is 11.1. The Morgan fingerprint density at radius 2 is 1.75 bits per heavy atom. The van der Waals surface area contributed by atoms with Gasteiger partial charge in [0, 0.05) is 25.0 Å². The second-order valence-electron chi connectivity index (χ2n) is 7.02. The lowest BCUT2D eigenvalue weighted by Gasteiger charge is -2.38. The SMILES string of the molecule is CCOC(=O)c1ccc(S(=O)(=O)NNC(=O)CCN2C(C)CCCC2C)cc1. The van der Waals surface area contributed by atoms with E-state index in [0.717, 1.165) is 12.8 Å². The third kappa shape index (κ3) is 6.02. The Morgan fingerprint density at radius 3 is 2.32 bits per heavy atom. The van der Waals surface area contributed by atoms with Crippen LogP contribution in [-0.2, 0) is 19.6 Å². The van der Waals surface area contributed by atoms with Crippen molar-refractivity contribution in [2.75, 3.05) is 13.2 Å². The van der Waals surface area contributed by atoms with Gasteiger partial charge in [-0.1, -0.05) is 6.42 Å². The molecule has 1 fully saturated rings. The Kier molecular flexibility index (Phi) is 7.97. The van der Waals surface area contributed by atoms with Crippen molar-refractivity contribution in [1.29, 1.82) is 0 Å². The van der Waals surface area contributed by atoms with E-state index in [4.69, 9.17) is 4.74 Å². The molecule has 1 aliphatic rings. The molecule has 28 heavy (non-hydrogen) atoms. The third-order valence-electron chi connectivity index (χ3n) is 4.97. The molecule has 156 valence electrons. The fourth-order valence-corrected chi connectivity index (χ4v) is 4.24. The fourth-order valence-electron chi connectivity index (χ4n) is 3.38. The van der Waals surface area contributed by atoms with Crippen LogP contribution in [0.3, 0.4) is 0 Å². The normalized spacial score (nSPS) is 20.5. The molecular formula is C19H29N3O5S. The molecule has 1 heterocycles. The highest BCUT2D eigenvalue weighted by molar-refractivity contribution is 7.89. The van der Waals surface area contributed by atoms with Crippen LogP contribution in [-0.4, -0.2) is 50.4 Å². The number of likely N-dealkylation sites (tertiary alicyclic amines) is 1. The molecule has 2 N–H and O–H groups in total. The molecule has 1 aliphatic heterocycles. The minimum atomic E-state index is -3.92. The summed E-state index contributed by atoms with van der Waals surface area (Å²) in [7, 11) is -3.92. The van der Waals surface area contributed by atoms with E-state index in [1.165, 1.54) is 30.7 Å². The lowest BCUT2D eigenvalue weighted by Crippen LogP contribution is -2.47. The number of esters is 1. The highest BCUT2D eigenvalue weighted by Crippen LogP contribution is 2.22. The number of hydrogen-bond donors (Lipinski definition) is 2. The highest BCUT2D eigenvalue weighted by atomic mass is 32.2. The van der Waals surface area contributed by atoms with Crippen LogP contribution in [0.4, 0.5) is 0 Å². The Morgan fingerprint density at radius 1 is 1.14 bits per heavy atom. The number of nitrogens with one attached hydrogen (secondary N) is 2. The minimum Gasteiger partial charge on any atom is -0.462 e. The maximum Gasteiger partial charge on any atom is 0.338 e. The van der Waals surface area contributed by atoms with E-state index in [9.17, 15) is 18.0 Å². The van der Waals surface area contributed by atoms with Gasteiger partial charge >= 0.3 is 5.97 Å². The zero-order valence-corrected chi connectivity index (χ0v) is 17.4. The number of ether oxygens (including phenoxy) is 1. The molecule has 8 nitrogen and oxygen atoms in total. The van der Waals surface area contributed by atoms with Gasteiger partial charge in [0.15, 0.2) is 0 Å². The average Bonchev–Trinajstić information content (AvgIpc) is 2.66. The predicted molar refractivity (Wildman–Crippen MR) is 105 cm³/mol. The molecule has 1 amide bonds. The summed E-state index contributed by atoms with van der Waals surface area (Å²) >= 11 is 0. The number of amides is 1. The summed E-state index contributed by atoms with van der Waals surface area (Å²) in [4.78, 5) is 28.0. The minimum absolute atomic E-state index is 0.0564. The van der Waals surface area contributed by atoms with E-state index in [-0.39, 0.29) is 23.5 Å².